The Morgan fingerprint density at radius 1 is 1.35 bits per heavy atom. The number of hydrogen-bond donors (Lipinski definition) is 1. The van der Waals surface area contributed by atoms with E-state index in [1.807, 2.05) is 6.92 Å². The Morgan fingerprint density at radius 2 is 2.05 bits per heavy atom. The highest BCUT2D eigenvalue weighted by molar-refractivity contribution is 8.00. The maximum atomic E-state index is 12.2. The zero-order valence-corrected chi connectivity index (χ0v) is 12.1. The average molecular weight is 295 g/mol. The molecule has 2 amide bonds. The summed E-state index contributed by atoms with van der Waals surface area (Å²) in [5, 5.41) is 8.41. The number of hydrogen-bond acceptors (Lipinski definition) is 5. The molecule has 1 aromatic rings. The van der Waals surface area contributed by atoms with Crippen LogP contribution in [0.2, 0.25) is 0 Å². The summed E-state index contributed by atoms with van der Waals surface area (Å²) < 4.78 is 5.33. The number of rotatable bonds is 6. The third kappa shape index (κ3) is 3.13. The van der Waals surface area contributed by atoms with Gasteiger partial charge in [0.05, 0.1) is 24.2 Å². The fourth-order valence-corrected chi connectivity index (χ4v) is 2.96. The summed E-state index contributed by atoms with van der Waals surface area (Å²) in [6.45, 7) is 2.47. The molecule has 1 aromatic carbocycles. The SMILES string of the molecule is CCOc1ccc(N2C(=O)CC(SCCO)C2=O)cc1. The number of imide groups is 1. The molecule has 0 aliphatic carbocycles. The van der Waals surface area contributed by atoms with Crippen LogP contribution in [0.3, 0.4) is 0 Å². The number of benzene rings is 1. The first-order valence-corrected chi connectivity index (χ1v) is 7.54. The van der Waals surface area contributed by atoms with Crippen molar-refractivity contribution in [2.24, 2.45) is 0 Å². The second kappa shape index (κ2) is 6.76. The molecule has 1 N–H and O–H groups in total. The van der Waals surface area contributed by atoms with Crippen LogP contribution in [0.5, 0.6) is 5.75 Å². The van der Waals surface area contributed by atoms with E-state index in [-0.39, 0.29) is 30.1 Å². The predicted molar refractivity (Wildman–Crippen MR) is 78.1 cm³/mol. The van der Waals surface area contributed by atoms with Gasteiger partial charge >= 0.3 is 0 Å². The molecule has 0 spiro atoms. The first-order valence-electron chi connectivity index (χ1n) is 6.49. The van der Waals surface area contributed by atoms with Crippen molar-refractivity contribution in [3.63, 3.8) is 0 Å². The van der Waals surface area contributed by atoms with Crippen LogP contribution in [0.1, 0.15) is 13.3 Å². The zero-order valence-electron chi connectivity index (χ0n) is 11.2. The van der Waals surface area contributed by atoms with Crippen molar-refractivity contribution in [3.8, 4) is 5.75 Å². The van der Waals surface area contributed by atoms with E-state index < -0.39 is 0 Å². The maximum absolute atomic E-state index is 12.2. The number of carbonyl (C=O) groups is 2. The predicted octanol–water partition coefficient (Wildman–Crippen LogP) is 1.44. The van der Waals surface area contributed by atoms with Gasteiger partial charge in [0.25, 0.3) is 0 Å². The molecule has 1 heterocycles. The summed E-state index contributed by atoms with van der Waals surface area (Å²) in [5.74, 6) is 0.759. The zero-order chi connectivity index (χ0) is 14.5. The van der Waals surface area contributed by atoms with Gasteiger partial charge in [-0.05, 0) is 31.2 Å². The Labute approximate surface area is 121 Å². The molecule has 0 aromatic heterocycles. The number of nitrogens with zero attached hydrogens (tertiary/aromatic N) is 1. The van der Waals surface area contributed by atoms with Crippen molar-refractivity contribution in [3.05, 3.63) is 24.3 Å². The van der Waals surface area contributed by atoms with Gasteiger partial charge in [-0.1, -0.05) is 0 Å². The van der Waals surface area contributed by atoms with Gasteiger partial charge in [-0.15, -0.1) is 11.8 Å². The van der Waals surface area contributed by atoms with Crippen LogP contribution in [-0.2, 0) is 9.59 Å². The maximum Gasteiger partial charge on any atom is 0.247 e. The number of carbonyl (C=O) groups excluding carboxylic acids is 2. The number of anilines is 1. The van der Waals surface area contributed by atoms with E-state index in [9.17, 15) is 9.59 Å². The molecule has 1 atom stereocenters. The van der Waals surface area contributed by atoms with Gasteiger partial charge in [0.2, 0.25) is 11.8 Å². The molecule has 1 saturated heterocycles. The third-order valence-corrected chi connectivity index (χ3v) is 4.11. The lowest BCUT2D eigenvalue weighted by molar-refractivity contribution is -0.121. The van der Waals surface area contributed by atoms with Gasteiger partial charge in [0.15, 0.2) is 0 Å². The molecular formula is C14H17NO4S. The van der Waals surface area contributed by atoms with Crippen molar-refractivity contribution >= 4 is 29.3 Å². The monoisotopic (exact) mass is 295 g/mol. The highest BCUT2D eigenvalue weighted by atomic mass is 32.2. The minimum atomic E-state index is -0.388. The van der Waals surface area contributed by atoms with E-state index in [1.165, 1.54) is 16.7 Å². The van der Waals surface area contributed by atoms with Crippen molar-refractivity contribution in [2.75, 3.05) is 23.9 Å². The minimum Gasteiger partial charge on any atom is -0.494 e. The molecule has 1 aliphatic rings. The van der Waals surface area contributed by atoms with Gasteiger partial charge in [-0.3, -0.25) is 9.59 Å². The van der Waals surface area contributed by atoms with Gasteiger partial charge in [-0.25, -0.2) is 4.90 Å². The minimum absolute atomic E-state index is 0.00565. The number of thioether (sulfide) groups is 1. The Morgan fingerprint density at radius 3 is 2.65 bits per heavy atom. The molecule has 0 bridgehead atoms. The lowest BCUT2D eigenvalue weighted by atomic mass is 10.3. The Balaban J connectivity index is 2.11. The molecule has 1 fully saturated rings. The van der Waals surface area contributed by atoms with Gasteiger partial charge in [0.1, 0.15) is 5.75 Å². The lowest BCUT2D eigenvalue weighted by Crippen LogP contribution is -2.31. The molecule has 1 unspecified atom stereocenters. The largest absolute Gasteiger partial charge is 0.494 e. The summed E-state index contributed by atoms with van der Waals surface area (Å²) in [6, 6.07) is 6.90. The molecule has 6 heteroatoms. The highest BCUT2D eigenvalue weighted by Crippen LogP contribution is 2.30. The normalized spacial score (nSPS) is 18.7. The van der Waals surface area contributed by atoms with Crippen LogP contribution >= 0.6 is 11.8 Å². The van der Waals surface area contributed by atoms with Crippen LogP contribution in [0.4, 0.5) is 5.69 Å². The van der Waals surface area contributed by atoms with E-state index >= 15 is 0 Å². The lowest BCUT2D eigenvalue weighted by Gasteiger charge is -2.15. The first kappa shape index (κ1) is 14.9. The van der Waals surface area contributed by atoms with Gasteiger partial charge < -0.3 is 9.84 Å². The smallest absolute Gasteiger partial charge is 0.247 e. The Hall–Kier alpha value is -1.53. The van der Waals surface area contributed by atoms with Crippen molar-refractivity contribution < 1.29 is 19.4 Å². The topological polar surface area (TPSA) is 66.8 Å². The molecule has 0 radical (unpaired) electrons. The summed E-state index contributed by atoms with van der Waals surface area (Å²) in [5.41, 5.74) is 0.565. The quantitative estimate of drug-likeness (QED) is 0.804. The van der Waals surface area contributed by atoms with Crippen LogP contribution in [0.25, 0.3) is 0 Å². The number of ether oxygens (including phenoxy) is 1. The van der Waals surface area contributed by atoms with Gasteiger partial charge in [-0.2, -0.15) is 0 Å². The van der Waals surface area contributed by atoms with E-state index in [4.69, 9.17) is 9.84 Å². The van der Waals surface area contributed by atoms with Crippen molar-refractivity contribution in [1.29, 1.82) is 0 Å². The summed E-state index contributed by atoms with van der Waals surface area (Å²) in [4.78, 5) is 25.4. The standard InChI is InChI=1S/C14H17NO4S/c1-2-19-11-5-3-10(4-6-11)15-13(17)9-12(14(15)18)20-8-7-16/h3-6,12,16H,2,7-9H2,1H3. The second-order valence-corrected chi connectivity index (χ2v) is 5.59. The Bertz CT molecular complexity index is 488. The second-order valence-electron chi connectivity index (χ2n) is 4.28. The molecule has 20 heavy (non-hydrogen) atoms. The van der Waals surface area contributed by atoms with Crippen LogP contribution in [0.15, 0.2) is 24.3 Å². The third-order valence-electron chi connectivity index (χ3n) is 2.92. The molecular weight excluding hydrogens is 278 g/mol. The van der Waals surface area contributed by atoms with Crippen LogP contribution in [-0.4, -0.2) is 41.1 Å². The summed E-state index contributed by atoms with van der Waals surface area (Å²) in [7, 11) is 0. The summed E-state index contributed by atoms with van der Waals surface area (Å²) >= 11 is 1.32. The highest BCUT2D eigenvalue weighted by Gasteiger charge is 2.39. The van der Waals surface area contributed by atoms with E-state index in [2.05, 4.69) is 0 Å². The van der Waals surface area contributed by atoms with E-state index in [0.717, 1.165) is 0 Å². The Kier molecular flexibility index (Phi) is 5.03. The van der Waals surface area contributed by atoms with E-state index in [1.54, 1.807) is 24.3 Å². The fraction of sp³-hybridized carbons (Fsp3) is 0.429. The van der Waals surface area contributed by atoms with Gasteiger partial charge in [0, 0.05) is 12.2 Å². The van der Waals surface area contributed by atoms with Crippen LogP contribution in [0, 0.1) is 0 Å². The number of amides is 2. The van der Waals surface area contributed by atoms with E-state index in [0.29, 0.717) is 23.8 Å². The molecule has 2 rings (SSSR count). The van der Waals surface area contributed by atoms with Crippen molar-refractivity contribution in [1.82, 2.24) is 0 Å². The summed E-state index contributed by atoms with van der Waals surface area (Å²) in [6.07, 6.45) is 0.191. The molecule has 108 valence electrons. The molecule has 0 saturated carbocycles. The molecule has 1 aliphatic heterocycles. The fourth-order valence-electron chi connectivity index (χ4n) is 2.06. The first-order chi connectivity index (χ1) is 9.67. The van der Waals surface area contributed by atoms with Crippen LogP contribution < -0.4 is 9.64 Å². The average Bonchev–Trinajstić information content (AvgIpc) is 2.73. The number of aliphatic hydroxyl groups is 1. The number of aliphatic hydroxyl groups excluding tert-OH is 1. The van der Waals surface area contributed by atoms with Crippen molar-refractivity contribution in [2.45, 2.75) is 18.6 Å². The molecule has 5 nitrogen and oxygen atoms in total.